The van der Waals surface area contributed by atoms with Crippen molar-refractivity contribution in [2.75, 3.05) is 0 Å². The highest BCUT2D eigenvalue weighted by atomic mass is 32.2. The van der Waals surface area contributed by atoms with Crippen LogP contribution in [0.4, 0.5) is 0 Å². The van der Waals surface area contributed by atoms with Crippen molar-refractivity contribution in [1.82, 2.24) is 4.57 Å². The lowest BCUT2D eigenvalue weighted by atomic mass is 9.36. The second kappa shape index (κ2) is 10.1. The third-order valence-corrected chi connectivity index (χ3v) is 15.4. The van der Waals surface area contributed by atoms with Crippen molar-refractivity contribution in [2.24, 2.45) is 0 Å². The van der Waals surface area contributed by atoms with Crippen LogP contribution in [0, 0.1) is 13.8 Å². The monoisotopic (exact) mass is 707 g/mol. The van der Waals surface area contributed by atoms with E-state index in [9.17, 15) is 0 Å². The second-order valence-electron chi connectivity index (χ2n) is 13.8. The summed E-state index contributed by atoms with van der Waals surface area (Å²) in [5.41, 5.74) is 10.8. The molecule has 5 heterocycles. The van der Waals surface area contributed by atoms with Gasteiger partial charge >= 0.3 is 0 Å². The minimum Gasteiger partial charge on any atom is -0.308 e. The van der Waals surface area contributed by atoms with Gasteiger partial charge in [0.05, 0.1) is 11.0 Å². The SMILES string of the molecule is Cc1ccc2c(c1)Sc1cc(-n3c4ccccc4c4c5sc6ccccc6c5c5sc6ccccc6c5c43)cc3c1B2c1ccc(C)cc1S3. The molecule has 6 heteroatoms. The molecule has 2 aliphatic rings. The van der Waals surface area contributed by atoms with E-state index in [1.807, 2.05) is 46.2 Å². The lowest BCUT2D eigenvalue weighted by molar-refractivity contribution is 1.15. The highest BCUT2D eigenvalue weighted by molar-refractivity contribution is 8.01. The van der Waals surface area contributed by atoms with E-state index in [1.165, 1.54) is 115 Å². The van der Waals surface area contributed by atoms with Gasteiger partial charge in [0.1, 0.15) is 0 Å². The first-order valence-corrected chi connectivity index (χ1v) is 20.3. The summed E-state index contributed by atoms with van der Waals surface area (Å²) in [6, 6.07) is 46.3. The van der Waals surface area contributed by atoms with E-state index in [0.29, 0.717) is 0 Å². The molecule has 7 aromatic carbocycles. The lowest BCUT2D eigenvalue weighted by Crippen LogP contribution is -2.58. The van der Waals surface area contributed by atoms with Gasteiger partial charge in [-0.2, -0.15) is 0 Å². The fourth-order valence-electron chi connectivity index (χ4n) is 8.70. The topological polar surface area (TPSA) is 4.93 Å². The highest BCUT2D eigenvalue weighted by Gasteiger charge is 2.38. The minimum absolute atomic E-state index is 0.242. The van der Waals surface area contributed by atoms with Gasteiger partial charge in [-0.1, -0.05) is 124 Å². The van der Waals surface area contributed by atoms with Gasteiger partial charge in [0.15, 0.2) is 0 Å². The van der Waals surface area contributed by atoms with Crippen molar-refractivity contribution in [1.29, 1.82) is 0 Å². The van der Waals surface area contributed by atoms with Crippen LogP contribution in [0.15, 0.2) is 141 Å². The van der Waals surface area contributed by atoms with E-state index >= 15 is 0 Å². The molecule has 0 bridgehead atoms. The Balaban J connectivity index is 1.25. The zero-order valence-corrected chi connectivity index (χ0v) is 30.5. The summed E-state index contributed by atoms with van der Waals surface area (Å²) in [5, 5.41) is 8.19. The summed E-state index contributed by atoms with van der Waals surface area (Å²) in [6.45, 7) is 4.68. The Morgan fingerprint density at radius 1 is 0.500 bits per heavy atom. The average Bonchev–Trinajstić information content (AvgIpc) is 3.80. The Hall–Kier alpha value is -4.46. The fraction of sp³-hybridized carbons (Fsp3) is 0.0455. The predicted octanol–water partition coefficient (Wildman–Crippen LogP) is 11.6. The molecule has 0 unspecified atom stereocenters. The van der Waals surface area contributed by atoms with Crippen LogP contribution in [-0.4, -0.2) is 11.3 Å². The summed E-state index contributed by atoms with van der Waals surface area (Å²) < 4.78 is 8.10. The Kier molecular flexibility index (Phi) is 5.70. The van der Waals surface area contributed by atoms with Crippen molar-refractivity contribution < 1.29 is 0 Å². The third-order valence-electron chi connectivity index (χ3n) is 10.8. The molecule has 0 radical (unpaired) electrons. The summed E-state index contributed by atoms with van der Waals surface area (Å²) in [7, 11) is 0. The zero-order valence-electron chi connectivity index (χ0n) is 27.2. The van der Waals surface area contributed by atoms with Gasteiger partial charge in [0.2, 0.25) is 6.71 Å². The van der Waals surface area contributed by atoms with E-state index in [1.54, 1.807) is 0 Å². The first-order valence-electron chi connectivity index (χ1n) is 17.0. The standard InChI is InChI=1S/C44H26BNS4/c1-23-15-17-29-34(19-23)47-36-21-25(22-37-41(36)45(29)30-18-16-24(2)20-35(30)48-37)46-31-12-6-3-9-26(31)38-42(46)39-27-10-4-7-13-32(27)49-44(39)40-28-11-5-8-14-33(28)50-43(38)40/h3-22H,1-2H3. The highest BCUT2D eigenvalue weighted by Crippen LogP contribution is 2.52. The molecule has 10 aromatic rings. The first kappa shape index (κ1) is 28.3. The zero-order chi connectivity index (χ0) is 32.8. The maximum atomic E-state index is 2.61. The first-order chi connectivity index (χ1) is 24.6. The van der Waals surface area contributed by atoms with E-state index in [0.717, 1.165) is 0 Å². The van der Waals surface area contributed by atoms with Gasteiger partial charge in [-0.15, -0.1) is 22.7 Å². The maximum Gasteiger partial charge on any atom is 0.247 e. The summed E-state index contributed by atoms with van der Waals surface area (Å²) in [4.78, 5) is 5.51. The maximum absolute atomic E-state index is 2.61. The van der Waals surface area contributed by atoms with Crippen LogP contribution in [0.3, 0.4) is 0 Å². The van der Waals surface area contributed by atoms with Crippen LogP contribution in [-0.2, 0) is 0 Å². The molecule has 3 aromatic heterocycles. The van der Waals surface area contributed by atoms with Crippen LogP contribution in [0.25, 0.3) is 67.8 Å². The fourth-order valence-corrected chi connectivity index (χ4v) is 14.0. The van der Waals surface area contributed by atoms with Crippen molar-refractivity contribution >= 4 is 131 Å². The largest absolute Gasteiger partial charge is 0.308 e. The lowest BCUT2D eigenvalue weighted by Gasteiger charge is -2.33. The molecule has 0 saturated heterocycles. The van der Waals surface area contributed by atoms with E-state index in [-0.39, 0.29) is 6.71 Å². The van der Waals surface area contributed by atoms with Crippen molar-refractivity contribution in [3.05, 3.63) is 132 Å². The molecular formula is C44H26BNS4. The number of hydrogen-bond acceptors (Lipinski definition) is 4. The van der Waals surface area contributed by atoms with Crippen LogP contribution in [0.1, 0.15) is 11.1 Å². The molecule has 1 nitrogen and oxygen atoms in total. The van der Waals surface area contributed by atoms with Gasteiger partial charge in [-0.05, 0) is 61.8 Å². The molecule has 2 aliphatic heterocycles. The van der Waals surface area contributed by atoms with Gasteiger partial charge in [-0.3, -0.25) is 0 Å². The van der Waals surface area contributed by atoms with Crippen LogP contribution in [0.5, 0.6) is 0 Å². The van der Waals surface area contributed by atoms with Gasteiger partial charge in [0.25, 0.3) is 0 Å². The van der Waals surface area contributed by atoms with E-state index < -0.39 is 0 Å². The average molecular weight is 708 g/mol. The Bertz CT molecular complexity index is 3040. The van der Waals surface area contributed by atoms with Gasteiger partial charge in [0, 0.05) is 76.4 Å². The third kappa shape index (κ3) is 3.67. The van der Waals surface area contributed by atoms with Crippen LogP contribution >= 0.6 is 46.2 Å². The van der Waals surface area contributed by atoms with E-state index in [2.05, 4.69) is 140 Å². The van der Waals surface area contributed by atoms with E-state index in [4.69, 9.17) is 0 Å². The number of para-hydroxylation sites is 1. The number of benzene rings is 7. The molecular weight excluding hydrogens is 682 g/mol. The van der Waals surface area contributed by atoms with Crippen LogP contribution < -0.4 is 16.4 Å². The molecule has 0 fully saturated rings. The normalized spacial score (nSPS) is 13.6. The second-order valence-corrected chi connectivity index (χ2v) is 18.0. The van der Waals surface area contributed by atoms with Crippen LogP contribution in [0.2, 0.25) is 0 Å². The quantitative estimate of drug-likeness (QED) is 0.157. The molecule has 12 rings (SSSR count). The molecule has 0 N–H and O–H groups in total. The number of aromatic nitrogens is 1. The van der Waals surface area contributed by atoms with Gasteiger partial charge < -0.3 is 4.57 Å². The Morgan fingerprint density at radius 2 is 1.02 bits per heavy atom. The van der Waals surface area contributed by atoms with Crippen molar-refractivity contribution in [3.63, 3.8) is 0 Å². The smallest absolute Gasteiger partial charge is 0.247 e. The molecule has 0 atom stereocenters. The van der Waals surface area contributed by atoms with Gasteiger partial charge in [-0.25, -0.2) is 0 Å². The molecule has 0 amide bonds. The number of hydrogen-bond donors (Lipinski definition) is 0. The Labute approximate surface area is 305 Å². The Morgan fingerprint density at radius 3 is 1.64 bits per heavy atom. The number of thiophene rings is 2. The predicted molar refractivity (Wildman–Crippen MR) is 222 cm³/mol. The number of aryl methyl sites for hydroxylation is 2. The summed E-state index contributed by atoms with van der Waals surface area (Å²) in [5.74, 6) is 0. The number of rotatable bonds is 1. The molecule has 0 saturated carbocycles. The number of fused-ring (bicyclic) bond motifs is 16. The number of nitrogens with zero attached hydrogens (tertiary/aromatic N) is 1. The summed E-state index contributed by atoms with van der Waals surface area (Å²) >= 11 is 7.81. The molecule has 0 spiro atoms. The molecule has 0 aliphatic carbocycles. The minimum atomic E-state index is 0.242. The summed E-state index contributed by atoms with van der Waals surface area (Å²) in [6.07, 6.45) is 0. The molecule has 234 valence electrons. The molecule has 50 heavy (non-hydrogen) atoms. The van der Waals surface area contributed by atoms with Crippen molar-refractivity contribution in [3.8, 4) is 5.69 Å². The van der Waals surface area contributed by atoms with Crippen molar-refractivity contribution in [2.45, 2.75) is 33.4 Å².